The maximum atomic E-state index is 13.6. The number of hydrogen-bond acceptors (Lipinski definition) is 2. The molecule has 0 saturated heterocycles. The second-order valence-electron chi connectivity index (χ2n) is 4.76. The zero-order chi connectivity index (χ0) is 13.0. The molecule has 2 nitrogen and oxygen atoms in total. The van der Waals surface area contributed by atoms with Crippen LogP contribution in [-0.4, -0.2) is 13.2 Å². The number of ether oxygens (including phenoxy) is 1. The zero-order valence-corrected chi connectivity index (χ0v) is 10.9. The van der Waals surface area contributed by atoms with Crippen LogP contribution < -0.4 is 10.1 Å². The van der Waals surface area contributed by atoms with Crippen molar-refractivity contribution < 1.29 is 9.13 Å². The lowest BCUT2D eigenvalue weighted by molar-refractivity contribution is 0.384. The predicted molar refractivity (Wildman–Crippen MR) is 71.3 cm³/mol. The molecule has 0 spiro atoms. The van der Waals surface area contributed by atoms with E-state index < -0.39 is 0 Å². The molecule has 0 heterocycles. The summed E-state index contributed by atoms with van der Waals surface area (Å²) in [6.07, 6.45) is 7.77. The Morgan fingerprint density at radius 3 is 2.83 bits per heavy atom. The van der Waals surface area contributed by atoms with Crippen LogP contribution >= 0.6 is 0 Å². The lowest BCUT2D eigenvalue weighted by Crippen LogP contribution is -2.32. The van der Waals surface area contributed by atoms with Crippen molar-refractivity contribution in [2.45, 2.75) is 38.3 Å². The molecule has 1 N–H and O–H groups in total. The summed E-state index contributed by atoms with van der Waals surface area (Å²) in [7, 11) is 1.48. The van der Waals surface area contributed by atoms with Crippen LogP contribution in [0.25, 0.3) is 0 Å². The first-order valence-electron chi connectivity index (χ1n) is 6.45. The van der Waals surface area contributed by atoms with E-state index in [0.29, 0.717) is 11.8 Å². The Labute approximate surface area is 108 Å². The number of hydrogen-bond donors (Lipinski definition) is 1. The van der Waals surface area contributed by atoms with Crippen molar-refractivity contribution in [1.82, 2.24) is 5.32 Å². The molecule has 0 bridgehead atoms. The van der Waals surface area contributed by atoms with E-state index in [1.54, 1.807) is 12.1 Å². The molecule has 0 radical (unpaired) electrons. The van der Waals surface area contributed by atoms with Gasteiger partial charge in [-0.2, -0.15) is 0 Å². The first-order valence-corrected chi connectivity index (χ1v) is 6.45. The lowest BCUT2D eigenvalue weighted by atomic mass is 9.99. The Bertz CT molecular complexity index is 431. The van der Waals surface area contributed by atoms with Gasteiger partial charge in [-0.25, -0.2) is 4.39 Å². The molecule has 0 fully saturated rings. The molecule has 0 aromatic heterocycles. The van der Waals surface area contributed by atoms with E-state index in [-0.39, 0.29) is 11.9 Å². The van der Waals surface area contributed by atoms with Crippen molar-refractivity contribution in [2.24, 2.45) is 0 Å². The summed E-state index contributed by atoms with van der Waals surface area (Å²) in [5.41, 5.74) is 0.961. The van der Waals surface area contributed by atoms with Crippen molar-refractivity contribution in [3.05, 3.63) is 41.7 Å². The molecule has 1 aliphatic rings. The van der Waals surface area contributed by atoms with Gasteiger partial charge in [0, 0.05) is 12.1 Å². The average molecular weight is 249 g/mol. The number of rotatable bonds is 4. The Hall–Kier alpha value is -1.35. The van der Waals surface area contributed by atoms with Crippen molar-refractivity contribution in [1.29, 1.82) is 0 Å². The van der Waals surface area contributed by atoms with Gasteiger partial charge >= 0.3 is 0 Å². The molecule has 0 amide bonds. The highest BCUT2D eigenvalue weighted by atomic mass is 19.1. The molecule has 98 valence electrons. The Morgan fingerprint density at radius 1 is 1.39 bits per heavy atom. The van der Waals surface area contributed by atoms with Crippen LogP contribution in [0, 0.1) is 5.82 Å². The summed E-state index contributed by atoms with van der Waals surface area (Å²) in [6.45, 7) is 2.07. The topological polar surface area (TPSA) is 21.3 Å². The summed E-state index contributed by atoms with van der Waals surface area (Å²) in [6, 6.07) is 5.80. The van der Waals surface area contributed by atoms with E-state index in [1.807, 2.05) is 6.07 Å². The second kappa shape index (κ2) is 6.01. The number of benzene rings is 1. The maximum Gasteiger partial charge on any atom is 0.165 e. The molecule has 1 aliphatic carbocycles. The summed E-state index contributed by atoms with van der Waals surface area (Å²) in [5, 5.41) is 3.54. The molecule has 0 aliphatic heterocycles. The zero-order valence-electron chi connectivity index (χ0n) is 10.9. The van der Waals surface area contributed by atoms with E-state index in [9.17, 15) is 4.39 Å². The Morgan fingerprint density at radius 2 is 2.22 bits per heavy atom. The van der Waals surface area contributed by atoms with Gasteiger partial charge < -0.3 is 10.1 Å². The number of halogens is 1. The normalized spacial score (nSPS) is 20.7. The van der Waals surface area contributed by atoms with Gasteiger partial charge in [0.15, 0.2) is 11.6 Å². The lowest BCUT2D eigenvalue weighted by Gasteiger charge is -2.24. The fourth-order valence-corrected chi connectivity index (χ4v) is 2.35. The van der Waals surface area contributed by atoms with Crippen LogP contribution in [0.15, 0.2) is 30.4 Å². The third-order valence-electron chi connectivity index (χ3n) is 3.43. The molecular formula is C15H20FNO. The first-order chi connectivity index (χ1) is 8.70. The van der Waals surface area contributed by atoms with E-state index >= 15 is 0 Å². The van der Waals surface area contributed by atoms with Crippen molar-refractivity contribution in [3.8, 4) is 5.75 Å². The first kappa shape index (κ1) is 13.1. The van der Waals surface area contributed by atoms with Gasteiger partial charge in [-0.3, -0.25) is 0 Å². The second-order valence-corrected chi connectivity index (χ2v) is 4.76. The van der Waals surface area contributed by atoms with Crippen LogP contribution in [-0.2, 0) is 0 Å². The van der Waals surface area contributed by atoms with E-state index in [0.717, 1.165) is 24.8 Å². The molecule has 2 rings (SSSR count). The average Bonchev–Trinajstić information content (AvgIpc) is 2.39. The standard InChI is InChI=1S/C15H20FNO/c1-11(17-13-6-4-3-5-7-13)12-8-9-15(18-2)14(16)10-12/h3-4,8-11,13,17H,5-7H2,1-2H3. The fraction of sp³-hybridized carbons (Fsp3) is 0.467. The minimum atomic E-state index is -0.299. The van der Waals surface area contributed by atoms with Gasteiger partial charge in [-0.15, -0.1) is 0 Å². The summed E-state index contributed by atoms with van der Waals surface area (Å²) >= 11 is 0. The third-order valence-corrected chi connectivity index (χ3v) is 3.43. The number of allylic oxidation sites excluding steroid dienone is 1. The highest BCUT2D eigenvalue weighted by Gasteiger charge is 2.15. The molecule has 2 unspecified atom stereocenters. The molecule has 18 heavy (non-hydrogen) atoms. The minimum absolute atomic E-state index is 0.155. The molecule has 1 aromatic carbocycles. The quantitative estimate of drug-likeness (QED) is 0.823. The summed E-state index contributed by atoms with van der Waals surface area (Å²) in [4.78, 5) is 0. The van der Waals surface area contributed by atoms with Crippen molar-refractivity contribution in [2.75, 3.05) is 7.11 Å². The smallest absolute Gasteiger partial charge is 0.165 e. The van der Waals surface area contributed by atoms with Crippen LogP contribution in [0.2, 0.25) is 0 Å². The van der Waals surface area contributed by atoms with Gasteiger partial charge in [0.1, 0.15) is 0 Å². The number of methoxy groups -OCH3 is 1. The summed E-state index contributed by atoms with van der Waals surface area (Å²) < 4.78 is 18.6. The molecule has 3 heteroatoms. The van der Waals surface area contributed by atoms with Gasteiger partial charge in [-0.05, 0) is 43.9 Å². The van der Waals surface area contributed by atoms with Gasteiger partial charge in [0.05, 0.1) is 7.11 Å². The van der Waals surface area contributed by atoms with Crippen LogP contribution in [0.3, 0.4) is 0 Å². The van der Waals surface area contributed by atoms with Crippen LogP contribution in [0.4, 0.5) is 4.39 Å². The van der Waals surface area contributed by atoms with E-state index in [2.05, 4.69) is 24.4 Å². The van der Waals surface area contributed by atoms with Gasteiger partial charge in [0.25, 0.3) is 0 Å². The number of nitrogens with one attached hydrogen (secondary N) is 1. The highest BCUT2D eigenvalue weighted by Crippen LogP contribution is 2.23. The van der Waals surface area contributed by atoms with Crippen molar-refractivity contribution in [3.63, 3.8) is 0 Å². The maximum absolute atomic E-state index is 13.6. The molecule has 2 atom stereocenters. The minimum Gasteiger partial charge on any atom is -0.494 e. The Balaban J connectivity index is 2.01. The van der Waals surface area contributed by atoms with E-state index in [1.165, 1.54) is 7.11 Å². The fourth-order valence-electron chi connectivity index (χ4n) is 2.35. The molecule has 1 aromatic rings. The molecular weight excluding hydrogens is 229 g/mol. The van der Waals surface area contributed by atoms with Crippen LogP contribution in [0.1, 0.15) is 37.8 Å². The summed E-state index contributed by atoms with van der Waals surface area (Å²) in [5.74, 6) is -0.00117. The van der Waals surface area contributed by atoms with Crippen LogP contribution in [0.5, 0.6) is 5.75 Å². The van der Waals surface area contributed by atoms with Gasteiger partial charge in [0.2, 0.25) is 0 Å². The third kappa shape index (κ3) is 3.10. The van der Waals surface area contributed by atoms with Gasteiger partial charge in [-0.1, -0.05) is 18.2 Å². The van der Waals surface area contributed by atoms with E-state index in [4.69, 9.17) is 4.74 Å². The predicted octanol–water partition coefficient (Wildman–Crippen LogP) is 3.59. The Kier molecular flexibility index (Phi) is 4.37. The highest BCUT2D eigenvalue weighted by molar-refractivity contribution is 5.30. The molecule has 0 saturated carbocycles. The largest absolute Gasteiger partial charge is 0.494 e. The van der Waals surface area contributed by atoms with Crippen molar-refractivity contribution >= 4 is 0 Å². The SMILES string of the molecule is COc1ccc(C(C)NC2CC=CCC2)cc1F. The monoisotopic (exact) mass is 249 g/mol.